The molecule has 0 unspecified atom stereocenters. The van der Waals surface area contributed by atoms with E-state index in [1.54, 1.807) is 12.1 Å². The van der Waals surface area contributed by atoms with Crippen LogP contribution in [0.5, 0.6) is 0 Å². The molecule has 31 heavy (non-hydrogen) atoms. The van der Waals surface area contributed by atoms with E-state index in [0.717, 1.165) is 29.6 Å². The average molecular weight is 460 g/mol. The van der Waals surface area contributed by atoms with E-state index in [4.69, 9.17) is 0 Å². The SMILES string of the molecule is COC(=O)/C=C1/S/C(=N\N=Cc2ccc(Sc3ccc(F)cc3)c([N+](=O)[O-])c2)NC1=O. The number of methoxy groups -OCH3 is 1. The maximum atomic E-state index is 13.0. The molecule has 1 amide bonds. The number of nitro benzene ring substituents is 1. The van der Waals surface area contributed by atoms with E-state index in [9.17, 15) is 24.1 Å². The van der Waals surface area contributed by atoms with E-state index in [-0.39, 0.29) is 15.8 Å². The highest BCUT2D eigenvalue weighted by Crippen LogP contribution is 2.35. The average Bonchev–Trinajstić information content (AvgIpc) is 3.09. The number of nitrogens with one attached hydrogen (secondary N) is 1. The van der Waals surface area contributed by atoms with Crippen LogP contribution in [-0.4, -0.2) is 35.3 Å². The third-order valence-corrected chi connectivity index (χ3v) is 5.65. The topological polar surface area (TPSA) is 123 Å². The van der Waals surface area contributed by atoms with E-state index >= 15 is 0 Å². The minimum atomic E-state index is -0.673. The minimum Gasteiger partial charge on any atom is -0.466 e. The molecular formula is C19H13FN4O5S2. The zero-order valence-electron chi connectivity index (χ0n) is 15.8. The van der Waals surface area contributed by atoms with Crippen molar-refractivity contribution in [2.24, 2.45) is 10.2 Å². The first kappa shape index (κ1) is 22.2. The summed E-state index contributed by atoms with van der Waals surface area (Å²) in [5.74, 6) is -1.58. The van der Waals surface area contributed by atoms with Gasteiger partial charge in [-0.25, -0.2) is 9.18 Å². The molecule has 9 nitrogen and oxygen atoms in total. The molecule has 3 rings (SSSR count). The quantitative estimate of drug-likeness (QED) is 0.230. The Bertz CT molecular complexity index is 1130. The number of amidine groups is 1. The molecule has 0 aliphatic carbocycles. The second-order valence-electron chi connectivity index (χ2n) is 5.78. The third-order valence-electron chi connectivity index (χ3n) is 3.68. The van der Waals surface area contributed by atoms with Crippen molar-refractivity contribution < 1.29 is 23.6 Å². The number of amides is 1. The van der Waals surface area contributed by atoms with E-state index < -0.39 is 22.6 Å². The van der Waals surface area contributed by atoms with Crippen LogP contribution in [0.25, 0.3) is 0 Å². The first-order valence-electron chi connectivity index (χ1n) is 8.47. The molecule has 158 valence electrons. The van der Waals surface area contributed by atoms with Crippen LogP contribution in [0.3, 0.4) is 0 Å². The van der Waals surface area contributed by atoms with Crippen LogP contribution in [0.15, 0.2) is 73.4 Å². The lowest BCUT2D eigenvalue weighted by Gasteiger charge is -2.04. The molecule has 0 radical (unpaired) electrons. The zero-order valence-corrected chi connectivity index (χ0v) is 17.4. The number of hydrogen-bond donors (Lipinski definition) is 1. The molecule has 0 spiro atoms. The van der Waals surface area contributed by atoms with Gasteiger partial charge < -0.3 is 4.74 Å². The Morgan fingerprint density at radius 1 is 1.29 bits per heavy atom. The fourth-order valence-corrected chi connectivity index (χ4v) is 3.90. The molecule has 0 saturated carbocycles. The summed E-state index contributed by atoms with van der Waals surface area (Å²) in [5.41, 5.74) is 0.275. The summed E-state index contributed by atoms with van der Waals surface area (Å²) < 4.78 is 17.5. The van der Waals surface area contributed by atoms with E-state index in [2.05, 4.69) is 20.3 Å². The number of nitro groups is 1. The van der Waals surface area contributed by atoms with Crippen LogP contribution in [0, 0.1) is 15.9 Å². The number of thioether (sulfide) groups is 1. The molecule has 1 fully saturated rings. The number of benzene rings is 2. The number of halogens is 1. The molecule has 1 aliphatic rings. The highest BCUT2D eigenvalue weighted by atomic mass is 32.2. The molecule has 1 saturated heterocycles. The molecule has 1 heterocycles. The van der Waals surface area contributed by atoms with E-state index in [1.165, 1.54) is 43.7 Å². The number of carbonyl (C=O) groups excluding carboxylic acids is 2. The highest BCUT2D eigenvalue weighted by Gasteiger charge is 2.25. The lowest BCUT2D eigenvalue weighted by molar-refractivity contribution is -0.387. The van der Waals surface area contributed by atoms with Crippen LogP contribution in [-0.2, 0) is 14.3 Å². The van der Waals surface area contributed by atoms with Crippen molar-refractivity contribution in [2.75, 3.05) is 7.11 Å². The molecule has 1 N–H and O–H groups in total. The predicted octanol–water partition coefficient (Wildman–Crippen LogP) is 3.49. The molecule has 1 aliphatic heterocycles. The van der Waals surface area contributed by atoms with Crippen LogP contribution in [0.2, 0.25) is 0 Å². The lowest BCUT2D eigenvalue weighted by Crippen LogP contribution is -2.19. The van der Waals surface area contributed by atoms with Crippen molar-refractivity contribution in [3.05, 3.63) is 74.9 Å². The van der Waals surface area contributed by atoms with E-state index in [0.29, 0.717) is 15.4 Å². The van der Waals surface area contributed by atoms with Gasteiger partial charge in [0.2, 0.25) is 0 Å². The smallest absolute Gasteiger partial charge is 0.331 e. The Morgan fingerprint density at radius 3 is 2.71 bits per heavy atom. The summed E-state index contributed by atoms with van der Waals surface area (Å²) in [4.78, 5) is 35.1. The molecule has 12 heteroatoms. The Morgan fingerprint density at radius 2 is 2.03 bits per heavy atom. The molecule has 0 bridgehead atoms. The second-order valence-corrected chi connectivity index (χ2v) is 7.92. The van der Waals surface area contributed by atoms with Gasteiger partial charge in [0, 0.05) is 22.6 Å². The van der Waals surface area contributed by atoms with Gasteiger partial charge in [-0.1, -0.05) is 17.8 Å². The minimum absolute atomic E-state index is 0.110. The van der Waals surface area contributed by atoms with Crippen LogP contribution < -0.4 is 5.32 Å². The van der Waals surface area contributed by atoms with Gasteiger partial charge in [-0.05, 0) is 42.1 Å². The van der Waals surface area contributed by atoms with Gasteiger partial charge >= 0.3 is 5.97 Å². The van der Waals surface area contributed by atoms with Gasteiger partial charge in [-0.15, -0.1) is 5.10 Å². The van der Waals surface area contributed by atoms with Crippen molar-refractivity contribution in [3.63, 3.8) is 0 Å². The number of carbonyl (C=O) groups is 2. The van der Waals surface area contributed by atoms with Crippen LogP contribution in [0.1, 0.15) is 5.56 Å². The van der Waals surface area contributed by atoms with Crippen molar-refractivity contribution >= 4 is 52.5 Å². The molecule has 2 aromatic carbocycles. The Balaban J connectivity index is 1.75. The number of ether oxygens (including phenoxy) is 1. The summed E-state index contributed by atoms with van der Waals surface area (Å²) in [6, 6.07) is 10.1. The van der Waals surface area contributed by atoms with Crippen LogP contribution in [0.4, 0.5) is 10.1 Å². The van der Waals surface area contributed by atoms with Gasteiger partial charge in [0.25, 0.3) is 11.6 Å². The molecule has 0 atom stereocenters. The third kappa shape index (κ3) is 5.99. The van der Waals surface area contributed by atoms with Gasteiger partial charge in [-0.3, -0.25) is 20.2 Å². The number of rotatable bonds is 6. The highest BCUT2D eigenvalue weighted by molar-refractivity contribution is 8.18. The van der Waals surface area contributed by atoms with Crippen molar-refractivity contribution in [1.82, 2.24) is 5.32 Å². The number of nitrogens with zero attached hydrogens (tertiary/aromatic N) is 3. The van der Waals surface area contributed by atoms with Gasteiger partial charge in [0.15, 0.2) is 5.17 Å². The standard InChI is InChI=1S/C19H13FN4O5S2/c1-29-17(25)9-16-18(26)22-19(31-16)23-21-10-11-2-7-15(14(8-11)24(27)28)30-13-5-3-12(20)4-6-13/h2-10H,1H3,(H,22,23,26)/b16-9+,21-10?. The normalized spacial score (nSPS) is 16.1. The van der Waals surface area contributed by atoms with Crippen molar-refractivity contribution in [3.8, 4) is 0 Å². The van der Waals surface area contributed by atoms with Gasteiger partial charge in [0.1, 0.15) is 5.82 Å². The van der Waals surface area contributed by atoms with Gasteiger partial charge in [0.05, 0.1) is 28.0 Å². The maximum Gasteiger partial charge on any atom is 0.331 e. The summed E-state index contributed by atoms with van der Waals surface area (Å²) in [5, 5.41) is 21.7. The summed E-state index contributed by atoms with van der Waals surface area (Å²) >= 11 is 2.04. The number of hydrogen-bond acceptors (Lipinski definition) is 9. The van der Waals surface area contributed by atoms with Crippen molar-refractivity contribution in [1.29, 1.82) is 0 Å². The first-order valence-corrected chi connectivity index (χ1v) is 10.1. The summed E-state index contributed by atoms with van der Waals surface area (Å²) in [6.45, 7) is 0. The number of esters is 1. The fraction of sp³-hybridized carbons (Fsp3) is 0.0526. The second kappa shape index (κ2) is 10.00. The Labute approximate surface area is 183 Å². The lowest BCUT2D eigenvalue weighted by atomic mass is 10.2. The predicted molar refractivity (Wildman–Crippen MR) is 114 cm³/mol. The summed E-state index contributed by atoms with van der Waals surface area (Å²) in [6.07, 6.45) is 2.33. The zero-order chi connectivity index (χ0) is 22.4. The maximum absolute atomic E-state index is 13.0. The Hall–Kier alpha value is -3.51. The van der Waals surface area contributed by atoms with Crippen LogP contribution >= 0.6 is 23.5 Å². The Kier molecular flexibility index (Phi) is 7.15. The molecular weight excluding hydrogens is 447 g/mol. The van der Waals surface area contributed by atoms with E-state index in [1.807, 2.05) is 0 Å². The largest absolute Gasteiger partial charge is 0.466 e. The molecule has 0 aromatic heterocycles. The monoisotopic (exact) mass is 460 g/mol. The van der Waals surface area contributed by atoms with Crippen molar-refractivity contribution in [2.45, 2.75) is 9.79 Å². The fourth-order valence-electron chi connectivity index (χ4n) is 2.26. The first-order chi connectivity index (χ1) is 14.9. The molecule has 2 aromatic rings. The summed E-state index contributed by atoms with van der Waals surface area (Å²) in [7, 11) is 1.19. The van der Waals surface area contributed by atoms with Gasteiger partial charge in [-0.2, -0.15) is 5.10 Å².